The van der Waals surface area contributed by atoms with Gasteiger partial charge in [0.15, 0.2) is 0 Å². The number of unbranched alkanes of at least 4 members (excludes halogenated alkanes) is 1. The minimum atomic E-state index is -0.416. The fourth-order valence-corrected chi connectivity index (χ4v) is 3.06. The predicted octanol–water partition coefficient (Wildman–Crippen LogP) is 4.62. The Kier molecular flexibility index (Phi) is 7.19. The molecule has 0 amide bonds. The molecule has 10 heteroatoms. The van der Waals surface area contributed by atoms with Crippen molar-refractivity contribution >= 4 is 23.8 Å². The predicted molar refractivity (Wildman–Crippen MR) is 116 cm³/mol. The molecule has 0 saturated heterocycles. The van der Waals surface area contributed by atoms with E-state index in [-0.39, 0.29) is 6.61 Å². The molecule has 0 saturated carbocycles. The van der Waals surface area contributed by atoms with Crippen LogP contribution >= 0.6 is 11.6 Å². The number of aromatic nitrogens is 6. The van der Waals surface area contributed by atoms with Crippen LogP contribution in [-0.4, -0.2) is 30.2 Å². The monoisotopic (exact) mass is 454 g/mol. The van der Waals surface area contributed by atoms with Crippen LogP contribution in [0, 0.1) is 5.82 Å². The summed E-state index contributed by atoms with van der Waals surface area (Å²) in [5.41, 5.74) is 1.87. The van der Waals surface area contributed by atoms with Gasteiger partial charge in [0.05, 0.1) is 11.9 Å². The summed E-state index contributed by atoms with van der Waals surface area (Å²) in [5, 5.41) is 16.4. The van der Waals surface area contributed by atoms with Crippen molar-refractivity contribution < 1.29 is 13.5 Å². The summed E-state index contributed by atoms with van der Waals surface area (Å²) in [4.78, 5) is 4.29. The molecule has 0 aliphatic carbocycles. The van der Waals surface area contributed by atoms with E-state index in [1.807, 2.05) is 16.9 Å². The number of halogens is 2. The van der Waals surface area contributed by atoms with Gasteiger partial charge in [-0.25, -0.2) is 9.37 Å². The Labute approximate surface area is 188 Å². The summed E-state index contributed by atoms with van der Waals surface area (Å²) in [7, 11) is 0. The van der Waals surface area contributed by atoms with E-state index in [0.29, 0.717) is 28.1 Å². The summed E-state index contributed by atoms with van der Waals surface area (Å²) >= 11 is 5.75. The van der Waals surface area contributed by atoms with Crippen molar-refractivity contribution in [3.63, 3.8) is 0 Å². The van der Waals surface area contributed by atoms with Crippen molar-refractivity contribution in [2.45, 2.75) is 32.4 Å². The third kappa shape index (κ3) is 6.21. The quantitative estimate of drug-likeness (QED) is 0.323. The Morgan fingerprint density at radius 3 is 2.81 bits per heavy atom. The Hall–Kier alpha value is -3.59. The lowest BCUT2D eigenvalue weighted by Crippen LogP contribution is -2.02. The largest absolute Gasteiger partial charge is 0.470 e. The maximum absolute atomic E-state index is 13.8. The minimum Gasteiger partial charge on any atom is -0.470 e. The molecule has 0 bridgehead atoms. The van der Waals surface area contributed by atoms with Gasteiger partial charge in [0.2, 0.25) is 11.8 Å². The van der Waals surface area contributed by atoms with Gasteiger partial charge in [-0.2, -0.15) is 5.10 Å². The van der Waals surface area contributed by atoms with E-state index in [2.05, 4.69) is 25.5 Å². The Bertz CT molecular complexity index is 1160. The van der Waals surface area contributed by atoms with Gasteiger partial charge >= 0.3 is 0 Å². The molecule has 4 rings (SSSR count). The first-order valence-electron chi connectivity index (χ1n) is 10.0. The molecule has 0 atom stereocenters. The number of hydrogen-bond acceptors (Lipinski definition) is 7. The molecular formula is C22H20ClFN6O2. The number of ether oxygens (including phenoxy) is 1. The highest BCUT2D eigenvalue weighted by atomic mass is 35.5. The van der Waals surface area contributed by atoms with Gasteiger partial charge in [-0.15, -0.1) is 10.2 Å². The number of rotatable bonds is 10. The third-order valence-corrected chi connectivity index (χ3v) is 4.78. The van der Waals surface area contributed by atoms with Crippen LogP contribution in [0.5, 0.6) is 5.88 Å². The lowest BCUT2D eigenvalue weighted by molar-refractivity contribution is 0.285. The first-order valence-corrected chi connectivity index (χ1v) is 10.4. The second-order valence-corrected chi connectivity index (χ2v) is 7.39. The maximum atomic E-state index is 13.8. The summed E-state index contributed by atoms with van der Waals surface area (Å²) in [6, 6.07) is 8.13. The summed E-state index contributed by atoms with van der Waals surface area (Å²) in [6.45, 7) is 1.01. The highest BCUT2D eigenvalue weighted by Crippen LogP contribution is 2.17. The van der Waals surface area contributed by atoms with E-state index >= 15 is 0 Å². The van der Waals surface area contributed by atoms with Gasteiger partial charge in [0.25, 0.3) is 0 Å². The summed E-state index contributed by atoms with van der Waals surface area (Å²) in [6.07, 6.45) is 10.9. The summed E-state index contributed by atoms with van der Waals surface area (Å²) in [5.74, 6) is 0.325. The molecule has 0 aliphatic heterocycles. The minimum absolute atomic E-state index is 0.179. The lowest BCUT2D eigenvalue weighted by Gasteiger charge is -2.04. The number of aryl methyl sites for hydroxylation is 2. The third-order valence-electron chi connectivity index (χ3n) is 4.54. The molecule has 8 nitrogen and oxygen atoms in total. The Balaban J connectivity index is 1.22. The van der Waals surface area contributed by atoms with E-state index in [4.69, 9.17) is 20.8 Å². The highest BCUT2D eigenvalue weighted by molar-refractivity contribution is 6.30. The van der Waals surface area contributed by atoms with Crippen LogP contribution in [0.15, 0.2) is 53.4 Å². The molecule has 0 unspecified atom stereocenters. The molecule has 3 heterocycles. The zero-order valence-corrected chi connectivity index (χ0v) is 17.8. The molecule has 0 spiro atoms. The molecular weight excluding hydrogens is 435 g/mol. The number of benzene rings is 1. The molecule has 3 aromatic heterocycles. The lowest BCUT2D eigenvalue weighted by atomic mass is 10.2. The van der Waals surface area contributed by atoms with Crippen LogP contribution in [0.25, 0.3) is 12.2 Å². The SMILES string of the molecule is Fc1cc(Cl)ccc1/C=C/c1nc(COc2ccc(CCCCn3ccnn3)nn2)co1. The normalized spacial score (nSPS) is 11.3. The first-order chi connectivity index (χ1) is 15.7. The number of hydrogen-bond donors (Lipinski definition) is 0. The molecule has 0 N–H and O–H groups in total. The van der Waals surface area contributed by atoms with Crippen molar-refractivity contribution in [3.8, 4) is 5.88 Å². The smallest absolute Gasteiger partial charge is 0.233 e. The van der Waals surface area contributed by atoms with E-state index in [0.717, 1.165) is 31.5 Å². The average molecular weight is 455 g/mol. The highest BCUT2D eigenvalue weighted by Gasteiger charge is 2.06. The molecule has 164 valence electrons. The van der Waals surface area contributed by atoms with Gasteiger partial charge in [-0.1, -0.05) is 22.9 Å². The molecule has 0 radical (unpaired) electrons. The summed E-state index contributed by atoms with van der Waals surface area (Å²) < 4.78 is 26.6. The maximum Gasteiger partial charge on any atom is 0.233 e. The second-order valence-electron chi connectivity index (χ2n) is 6.95. The zero-order valence-electron chi connectivity index (χ0n) is 17.1. The van der Waals surface area contributed by atoms with Crippen LogP contribution in [0.1, 0.15) is 35.7 Å². The van der Waals surface area contributed by atoms with Crippen LogP contribution in [0.3, 0.4) is 0 Å². The van der Waals surface area contributed by atoms with Crippen molar-refractivity contribution in [1.29, 1.82) is 0 Å². The standard InChI is InChI=1S/C22H20ClFN6O2/c23-17-6-4-16(20(24)13-17)5-8-21-26-19(14-31-21)15-32-22-9-7-18(27-28-22)3-1-2-11-30-12-10-25-29-30/h4-10,12-14H,1-3,11,15H2/b8-5+. The van der Waals surface area contributed by atoms with Gasteiger partial charge < -0.3 is 9.15 Å². The van der Waals surface area contributed by atoms with Crippen LogP contribution in [-0.2, 0) is 19.6 Å². The van der Waals surface area contributed by atoms with Crippen molar-refractivity contribution in [3.05, 3.63) is 82.7 Å². The molecule has 32 heavy (non-hydrogen) atoms. The second kappa shape index (κ2) is 10.6. The zero-order chi connectivity index (χ0) is 22.2. The Morgan fingerprint density at radius 1 is 1.09 bits per heavy atom. The van der Waals surface area contributed by atoms with Crippen LogP contribution in [0.4, 0.5) is 4.39 Å². The average Bonchev–Trinajstić information content (AvgIpc) is 3.48. The fraction of sp³-hybridized carbons (Fsp3) is 0.227. The Morgan fingerprint density at radius 2 is 2.03 bits per heavy atom. The molecule has 1 aromatic carbocycles. The molecule has 0 fully saturated rings. The van der Waals surface area contributed by atoms with Gasteiger partial charge in [0.1, 0.15) is 24.4 Å². The fourth-order valence-electron chi connectivity index (χ4n) is 2.90. The van der Waals surface area contributed by atoms with E-state index in [9.17, 15) is 4.39 Å². The number of oxazole rings is 1. The van der Waals surface area contributed by atoms with E-state index in [1.54, 1.807) is 36.5 Å². The van der Waals surface area contributed by atoms with Gasteiger partial charge in [0, 0.05) is 35.5 Å². The van der Waals surface area contributed by atoms with E-state index < -0.39 is 5.82 Å². The van der Waals surface area contributed by atoms with Gasteiger partial charge in [-0.3, -0.25) is 4.68 Å². The topological polar surface area (TPSA) is 91.8 Å². The van der Waals surface area contributed by atoms with Crippen LogP contribution in [0.2, 0.25) is 5.02 Å². The number of nitrogens with zero attached hydrogens (tertiary/aromatic N) is 6. The molecule has 4 aromatic rings. The van der Waals surface area contributed by atoms with Crippen molar-refractivity contribution in [1.82, 2.24) is 30.2 Å². The van der Waals surface area contributed by atoms with Crippen molar-refractivity contribution in [2.24, 2.45) is 0 Å². The van der Waals surface area contributed by atoms with Crippen molar-refractivity contribution in [2.75, 3.05) is 0 Å². The van der Waals surface area contributed by atoms with Crippen LogP contribution < -0.4 is 4.74 Å². The first kappa shape index (κ1) is 21.6. The van der Waals surface area contributed by atoms with Gasteiger partial charge in [-0.05, 0) is 43.5 Å². The van der Waals surface area contributed by atoms with E-state index in [1.165, 1.54) is 12.3 Å². The molecule has 0 aliphatic rings.